The molecule has 0 unspecified atom stereocenters. The molecule has 3 aromatic heterocycles. The topological polar surface area (TPSA) is 95.1 Å². The van der Waals surface area contributed by atoms with Gasteiger partial charge in [0, 0.05) is 23.7 Å². The number of carbonyl (C=O) groups is 1. The highest BCUT2D eigenvalue weighted by molar-refractivity contribution is 7.14. The molecule has 0 aliphatic rings. The van der Waals surface area contributed by atoms with Crippen molar-refractivity contribution >= 4 is 22.4 Å². The summed E-state index contributed by atoms with van der Waals surface area (Å²) in [6.45, 7) is 8.71. The first-order valence-electron chi connectivity index (χ1n) is 9.90. The van der Waals surface area contributed by atoms with E-state index in [4.69, 9.17) is 9.26 Å². The Hall–Kier alpha value is -3.46. The van der Waals surface area contributed by atoms with Gasteiger partial charge in [0.2, 0.25) is 0 Å². The Morgan fingerprint density at radius 1 is 1.23 bits per heavy atom. The van der Waals surface area contributed by atoms with Crippen LogP contribution in [-0.2, 0) is 13.2 Å². The van der Waals surface area contributed by atoms with Crippen LogP contribution < -0.4 is 10.1 Å². The molecule has 1 aromatic carbocycles. The maximum atomic E-state index is 12.8. The number of carbonyl (C=O) groups excluding carboxylic acids is 1. The van der Waals surface area contributed by atoms with E-state index in [1.807, 2.05) is 61.3 Å². The van der Waals surface area contributed by atoms with Gasteiger partial charge in [-0.15, -0.1) is 11.3 Å². The summed E-state index contributed by atoms with van der Waals surface area (Å²) in [5.74, 6) is 0.867. The zero-order chi connectivity index (χ0) is 22.0. The monoisotopic (exact) mass is 437 g/mol. The summed E-state index contributed by atoms with van der Waals surface area (Å²) >= 11 is 1.35. The SMILES string of the molecule is CCn1cc(-c2csc(NC(=O)c3noc(C)c3COc3ccc(C)cc3)n2)c(C)n1. The summed E-state index contributed by atoms with van der Waals surface area (Å²) in [7, 11) is 0. The lowest BCUT2D eigenvalue weighted by molar-refractivity contribution is 0.101. The first-order valence-corrected chi connectivity index (χ1v) is 10.8. The standard InChI is InChI=1S/C22H23N5O3S/c1-5-27-10-17(14(3)25-27)19-12-31-22(23-19)24-21(28)20-18(15(4)30-26-20)11-29-16-8-6-13(2)7-9-16/h6-10,12H,5,11H2,1-4H3,(H,23,24,28). The minimum absolute atomic E-state index is 0.180. The zero-order valence-electron chi connectivity index (χ0n) is 17.8. The Morgan fingerprint density at radius 3 is 2.71 bits per heavy atom. The highest BCUT2D eigenvalue weighted by Gasteiger charge is 2.22. The number of nitrogens with one attached hydrogen (secondary N) is 1. The van der Waals surface area contributed by atoms with Gasteiger partial charge in [-0.2, -0.15) is 5.10 Å². The lowest BCUT2D eigenvalue weighted by Gasteiger charge is -2.07. The van der Waals surface area contributed by atoms with E-state index in [1.54, 1.807) is 6.92 Å². The van der Waals surface area contributed by atoms with Gasteiger partial charge in [-0.25, -0.2) is 4.98 Å². The smallest absolute Gasteiger partial charge is 0.280 e. The number of amides is 1. The second kappa shape index (κ2) is 8.73. The third-order valence-corrected chi connectivity index (χ3v) is 5.63. The summed E-state index contributed by atoms with van der Waals surface area (Å²) in [5, 5.41) is 13.6. The van der Waals surface area contributed by atoms with Gasteiger partial charge in [0.1, 0.15) is 18.1 Å². The molecule has 0 radical (unpaired) electrons. The molecular formula is C22H23N5O3S. The van der Waals surface area contributed by atoms with E-state index in [1.165, 1.54) is 11.3 Å². The Kier molecular flexibility index (Phi) is 5.85. The molecule has 0 saturated heterocycles. The Labute approximate surface area is 183 Å². The Morgan fingerprint density at radius 2 is 2.00 bits per heavy atom. The molecule has 0 aliphatic heterocycles. The van der Waals surface area contributed by atoms with Crippen LogP contribution in [-0.4, -0.2) is 25.8 Å². The van der Waals surface area contributed by atoms with Crippen LogP contribution in [0.15, 0.2) is 40.4 Å². The van der Waals surface area contributed by atoms with E-state index in [0.717, 1.165) is 29.1 Å². The summed E-state index contributed by atoms with van der Waals surface area (Å²) in [4.78, 5) is 17.4. The summed E-state index contributed by atoms with van der Waals surface area (Å²) in [6.07, 6.45) is 1.96. The fourth-order valence-electron chi connectivity index (χ4n) is 3.07. The second-order valence-electron chi connectivity index (χ2n) is 7.14. The van der Waals surface area contributed by atoms with Crippen LogP contribution in [0.5, 0.6) is 5.75 Å². The van der Waals surface area contributed by atoms with E-state index in [9.17, 15) is 4.79 Å². The number of benzene rings is 1. The molecule has 0 fully saturated rings. The third kappa shape index (κ3) is 4.51. The molecule has 9 heteroatoms. The predicted octanol–water partition coefficient (Wildman–Crippen LogP) is 4.77. The molecule has 31 heavy (non-hydrogen) atoms. The summed E-state index contributed by atoms with van der Waals surface area (Å²) < 4.78 is 12.9. The van der Waals surface area contributed by atoms with Crippen molar-refractivity contribution in [3.8, 4) is 17.0 Å². The molecule has 1 N–H and O–H groups in total. The molecule has 3 heterocycles. The Balaban J connectivity index is 1.47. The lowest BCUT2D eigenvalue weighted by atomic mass is 10.2. The number of hydrogen-bond acceptors (Lipinski definition) is 7. The fraction of sp³-hybridized carbons (Fsp3) is 0.273. The summed E-state index contributed by atoms with van der Waals surface area (Å²) in [5.41, 5.74) is 4.56. The quantitative estimate of drug-likeness (QED) is 0.447. The van der Waals surface area contributed by atoms with Gasteiger partial charge in [0.15, 0.2) is 10.8 Å². The van der Waals surface area contributed by atoms with Gasteiger partial charge in [-0.05, 0) is 39.8 Å². The number of thiazole rings is 1. The number of rotatable bonds is 7. The van der Waals surface area contributed by atoms with Crippen molar-refractivity contribution in [2.24, 2.45) is 0 Å². The van der Waals surface area contributed by atoms with Gasteiger partial charge in [-0.1, -0.05) is 22.9 Å². The molecule has 0 atom stereocenters. The normalized spacial score (nSPS) is 11.0. The zero-order valence-corrected chi connectivity index (χ0v) is 18.6. The largest absolute Gasteiger partial charge is 0.489 e. The molecule has 4 aromatic rings. The molecule has 1 amide bonds. The summed E-state index contributed by atoms with van der Waals surface area (Å²) in [6, 6.07) is 7.71. The van der Waals surface area contributed by atoms with Gasteiger partial charge >= 0.3 is 0 Å². The van der Waals surface area contributed by atoms with Crippen LogP contribution in [0.25, 0.3) is 11.3 Å². The molecule has 0 bridgehead atoms. The van der Waals surface area contributed by atoms with Crippen molar-refractivity contribution < 1.29 is 14.1 Å². The molecule has 0 saturated carbocycles. The van der Waals surface area contributed by atoms with Gasteiger partial charge in [-0.3, -0.25) is 14.8 Å². The fourth-order valence-corrected chi connectivity index (χ4v) is 3.78. The van der Waals surface area contributed by atoms with Crippen LogP contribution in [0.2, 0.25) is 0 Å². The molecular weight excluding hydrogens is 414 g/mol. The van der Waals surface area contributed by atoms with Crippen molar-refractivity contribution in [3.05, 3.63) is 64.1 Å². The highest BCUT2D eigenvalue weighted by Crippen LogP contribution is 2.28. The number of aromatic nitrogens is 4. The predicted molar refractivity (Wildman–Crippen MR) is 118 cm³/mol. The van der Waals surface area contributed by atoms with Crippen LogP contribution in [0, 0.1) is 20.8 Å². The van der Waals surface area contributed by atoms with Crippen molar-refractivity contribution in [2.45, 2.75) is 40.8 Å². The van der Waals surface area contributed by atoms with Crippen LogP contribution in [0.4, 0.5) is 5.13 Å². The van der Waals surface area contributed by atoms with Gasteiger partial charge < -0.3 is 9.26 Å². The maximum absolute atomic E-state index is 12.8. The third-order valence-electron chi connectivity index (χ3n) is 4.87. The average Bonchev–Trinajstić information content (AvgIpc) is 3.46. The lowest BCUT2D eigenvalue weighted by Crippen LogP contribution is -2.15. The number of ether oxygens (including phenoxy) is 1. The molecule has 160 valence electrons. The highest BCUT2D eigenvalue weighted by atomic mass is 32.1. The number of anilines is 1. The second-order valence-corrected chi connectivity index (χ2v) is 8.00. The minimum atomic E-state index is -0.388. The number of hydrogen-bond donors (Lipinski definition) is 1. The molecule has 4 rings (SSSR count). The molecule has 0 aliphatic carbocycles. The van der Waals surface area contributed by atoms with Crippen LogP contribution >= 0.6 is 11.3 Å². The van der Waals surface area contributed by atoms with Crippen molar-refractivity contribution in [1.82, 2.24) is 19.9 Å². The van der Waals surface area contributed by atoms with Crippen molar-refractivity contribution in [2.75, 3.05) is 5.32 Å². The first kappa shape index (κ1) is 20.8. The number of aryl methyl sites for hydroxylation is 4. The van der Waals surface area contributed by atoms with Gasteiger partial charge in [0.05, 0.1) is 17.0 Å². The molecule has 0 spiro atoms. The van der Waals surface area contributed by atoms with E-state index < -0.39 is 0 Å². The van der Waals surface area contributed by atoms with E-state index in [-0.39, 0.29) is 18.2 Å². The van der Waals surface area contributed by atoms with E-state index >= 15 is 0 Å². The first-order chi connectivity index (χ1) is 14.9. The number of nitrogens with zero attached hydrogens (tertiary/aromatic N) is 4. The van der Waals surface area contributed by atoms with E-state index in [2.05, 4.69) is 20.6 Å². The van der Waals surface area contributed by atoms with Gasteiger partial charge in [0.25, 0.3) is 5.91 Å². The van der Waals surface area contributed by atoms with Crippen LogP contribution in [0.3, 0.4) is 0 Å². The average molecular weight is 438 g/mol. The Bertz CT molecular complexity index is 1210. The minimum Gasteiger partial charge on any atom is -0.489 e. The van der Waals surface area contributed by atoms with Crippen molar-refractivity contribution in [1.29, 1.82) is 0 Å². The van der Waals surface area contributed by atoms with Crippen LogP contribution in [0.1, 0.15) is 40.0 Å². The van der Waals surface area contributed by atoms with Crippen molar-refractivity contribution in [3.63, 3.8) is 0 Å². The maximum Gasteiger partial charge on any atom is 0.280 e. The van der Waals surface area contributed by atoms with E-state index in [0.29, 0.717) is 22.2 Å². The molecule has 8 nitrogen and oxygen atoms in total.